The Balaban J connectivity index is 1.47. The molecule has 2 N–H and O–H groups in total. The molecular formula is C22H20N4O4. The maximum absolute atomic E-state index is 13.1. The number of hydrogen-bond donors (Lipinski definition) is 2. The molecule has 0 saturated carbocycles. The van der Waals surface area contributed by atoms with Crippen LogP contribution in [0.15, 0.2) is 42.5 Å². The highest BCUT2D eigenvalue weighted by molar-refractivity contribution is 6.02. The van der Waals surface area contributed by atoms with E-state index >= 15 is 0 Å². The van der Waals surface area contributed by atoms with Gasteiger partial charge in [-0.1, -0.05) is 29.8 Å². The summed E-state index contributed by atoms with van der Waals surface area (Å²) in [7, 11) is 0. The molecule has 2 aromatic carbocycles. The fraction of sp³-hybridized carbons (Fsp3) is 0.227. The SMILES string of the molecule is Cc1ccc(-c2nn3c(c2C)NC(=O)CC3C(=O)Nc2ccc3c(c2)OCO3)cc1. The van der Waals surface area contributed by atoms with Gasteiger partial charge >= 0.3 is 0 Å². The van der Waals surface area contributed by atoms with Crippen LogP contribution in [0.4, 0.5) is 11.5 Å². The van der Waals surface area contributed by atoms with Gasteiger partial charge < -0.3 is 20.1 Å². The summed E-state index contributed by atoms with van der Waals surface area (Å²) >= 11 is 0. The predicted molar refractivity (Wildman–Crippen MR) is 111 cm³/mol. The minimum absolute atomic E-state index is 0.0117. The summed E-state index contributed by atoms with van der Waals surface area (Å²) in [5, 5.41) is 10.4. The van der Waals surface area contributed by atoms with E-state index < -0.39 is 6.04 Å². The first-order valence-electron chi connectivity index (χ1n) is 9.66. The van der Waals surface area contributed by atoms with E-state index in [4.69, 9.17) is 9.47 Å². The molecule has 8 nitrogen and oxygen atoms in total. The molecule has 0 aliphatic carbocycles. The standard InChI is InChI=1S/C22H20N4O4/c1-12-3-5-14(6-4-12)20-13(2)21-24-19(27)10-16(26(21)25-20)22(28)23-15-7-8-17-18(9-15)30-11-29-17/h3-9,16H,10-11H2,1-2H3,(H,23,28)(H,24,27). The summed E-state index contributed by atoms with van der Waals surface area (Å²) in [5.74, 6) is 1.23. The lowest BCUT2D eigenvalue weighted by atomic mass is 10.1. The minimum atomic E-state index is -0.753. The third-order valence-electron chi connectivity index (χ3n) is 5.35. The molecule has 0 saturated heterocycles. The Morgan fingerprint density at radius 3 is 2.70 bits per heavy atom. The van der Waals surface area contributed by atoms with Gasteiger partial charge in [0.2, 0.25) is 18.6 Å². The molecule has 2 aliphatic heterocycles. The summed E-state index contributed by atoms with van der Waals surface area (Å²) in [4.78, 5) is 25.4. The minimum Gasteiger partial charge on any atom is -0.454 e. The average molecular weight is 404 g/mol. The molecule has 0 spiro atoms. The first kappa shape index (κ1) is 18.2. The van der Waals surface area contributed by atoms with Crippen molar-refractivity contribution in [2.24, 2.45) is 0 Å². The fourth-order valence-electron chi connectivity index (χ4n) is 3.73. The second kappa shape index (κ2) is 6.91. The maximum atomic E-state index is 13.1. The number of amides is 2. The molecule has 152 valence electrons. The lowest BCUT2D eigenvalue weighted by molar-refractivity contribution is -0.125. The number of ether oxygens (including phenoxy) is 2. The van der Waals surface area contributed by atoms with Crippen LogP contribution in [0.3, 0.4) is 0 Å². The Kier molecular flexibility index (Phi) is 4.20. The first-order chi connectivity index (χ1) is 14.5. The van der Waals surface area contributed by atoms with Crippen LogP contribution in [0.2, 0.25) is 0 Å². The summed E-state index contributed by atoms with van der Waals surface area (Å²) < 4.78 is 12.3. The molecule has 3 heterocycles. The number of fused-ring (bicyclic) bond motifs is 2. The third kappa shape index (κ3) is 3.06. The number of rotatable bonds is 3. The third-order valence-corrected chi connectivity index (χ3v) is 5.35. The van der Waals surface area contributed by atoms with Crippen LogP contribution in [0.25, 0.3) is 11.3 Å². The van der Waals surface area contributed by atoms with E-state index in [1.54, 1.807) is 22.9 Å². The summed E-state index contributed by atoms with van der Waals surface area (Å²) in [6.45, 7) is 4.07. The quantitative estimate of drug-likeness (QED) is 0.698. The second-order valence-electron chi connectivity index (χ2n) is 7.46. The van der Waals surface area contributed by atoms with E-state index in [1.165, 1.54) is 0 Å². The molecule has 30 heavy (non-hydrogen) atoms. The van der Waals surface area contributed by atoms with Gasteiger partial charge in [0.05, 0.1) is 12.1 Å². The molecule has 0 radical (unpaired) electrons. The van der Waals surface area contributed by atoms with Crippen LogP contribution < -0.4 is 20.1 Å². The van der Waals surface area contributed by atoms with E-state index in [1.807, 2.05) is 38.1 Å². The van der Waals surface area contributed by atoms with E-state index in [0.717, 1.165) is 22.4 Å². The van der Waals surface area contributed by atoms with Gasteiger partial charge in [-0.15, -0.1) is 0 Å². The molecule has 3 aromatic rings. The van der Waals surface area contributed by atoms with Crippen molar-refractivity contribution in [1.82, 2.24) is 9.78 Å². The van der Waals surface area contributed by atoms with Crippen molar-refractivity contribution in [3.8, 4) is 22.8 Å². The van der Waals surface area contributed by atoms with Crippen molar-refractivity contribution in [1.29, 1.82) is 0 Å². The molecule has 0 fully saturated rings. The summed E-state index contributed by atoms with van der Waals surface area (Å²) in [5.41, 5.74) is 4.22. The molecule has 0 bridgehead atoms. The number of aromatic nitrogens is 2. The highest BCUT2D eigenvalue weighted by Crippen LogP contribution is 2.36. The summed E-state index contributed by atoms with van der Waals surface area (Å²) in [6, 6.07) is 12.4. The average Bonchev–Trinajstić information content (AvgIpc) is 3.32. The molecule has 1 atom stereocenters. The van der Waals surface area contributed by atoms with Crippen molar-refractivity contribution in [3.05, 3.63) is 53.6 Å². The Labute approximate surface area is 172 Å². The van der Waals surface area contributed by atoms with Gasteiger partial charge in [-0.3, -0.25) is 9.59 Å². The van der Waals surface area contributed by atoms with Crippen molar-refractivity contribution in [3.63, 3.8) is 0 Å². The molecule has 8 heteroatoms. The van der Waals surface area contributed by atoms with E-state index in [-0.39, 0.29) is 25.0 Å². The van der Waals surface area contributed by atoms with Crippen LogP contribution in [0.5, 0.6) is 11.5 Å². The van der Waals surface area contributed by atoms with Gasteiger partial charge in [0, 0.05) is 22.9 Å². The molecule has 2 aliphatic rings. The van der Waals surface area contributed by atoms with Crippen LogP contribution in [0.1, 0.15) is 23.6 Å². The van der Waals surface area contributed by atoms with Crippen LogP contribution in [-0.4, -0.2) is 28.4 Å². The normalized spacial score (nSPS) is 16.7. The number of carbonyl (C=O) groups excluding carboxylic acids is 2. The zero-order valence-corrected chi connectivity index (χ0v) is 16.6. The zero-order valence-electron chi connectivity index (χ0n) is 16.6. The van der Waals surface area contributed by atoms with Crippen LogP contribution in [0, 0.1) is 13.8 Å². The number of carbonyl (C=O) groups is 2. The monoisotopic (exact) mass is 404 g/mol. The van der Waals surface area contributed by atoms with Crippen molar-refractivity contribution < 1.29 is 19.1 Å². The van der Waals surface area contributed by atoms with Gasteiger partial charge in [-0.2, -0.15) is 5.10 Å². The Bertz CT molecular complexity index is 1170. The molecular weight excluding hydrogens is 384 g/mol. The number of nitrogens with one attached hydrogen (secondary N) is 2. The largest absolute Gasteiger partial charge is 0.454 e. The Hall–Kier alpha value is -3.81. The fourth-order valence-corrected chi connectivity index (χ4v) is 3.73. The number of hydrogen-bond acceptors (Lipinski definition) is 5. The van der Waals surface area contributed by atoms with Gasteiger partial charge in [-0.25, -0.2) is 4.68 Å². The van der Waals surface area contributed by atoms with E-state index in [2.05, 4.69) is 15.7 Å². The van der Waals surface area contributed by atoms with E-state index in [9.17, 15) is 9.59 Å². The summed E-state index contributed by atoms with van der Waals surface area (Å²) in [6.07, 6.45) is 0.0117. The molecule has 5 rings (SSSR count). The van der Waals surface area contributed by atoms with Gasteiger partial charge in [0.1, 0.15) is 11.9 Å². The number of nitrogens with zero attached hydrogens (tertiary/aromatic N) is 2. The van der Waals surface area contributed by atoms with Crippen molar-refractivity contribution >= 4 is 23.3 Å². The highest BCUT2D eigenvalue weighted by atomic mass is 16.7. The van der Waals surface area contributed by atoms with Gasteiger partial charge in [0.25, 0.3) is 0 Å². The lowest BCUT2D eigenvalue weighted by Crippen LogP contribution is -2.35. The topological polar surface area (TPSA) is 94.5 Å². The highest BCUT2D eigenvalue weighted by Gasteiger charge is 2.34. The van der Waals surface area contributed by atoms with Crippen LogP contribution in [-0.2, 0) is 9.59 Å². The van der Waals surface area contributed by atoms with Gasteiger partial charge in [0.15, 0.2) is 11.5 Å². The predicted octanol–water partition coefficient (Wildman–Crippen LogP) is 3.42. The molecule has 1 aromatic heterocycles. The number of benzene rings is 2. The van der Waals surface area contributed by atoms with Crippen molar-refractivity contribution in [2.75, 3.05) is 17.4 Å². The van der Waals surface area contributed by atoms with E-state index in [0.29, 0.717) is 23.0 Å². The van der Waals surface area contributed by atoms with Crippen molar-refractivity contribution in [2.45, 2.75) is 26.3 Å². The zero-order chi connectivity index (χ0) is 20.8. The molecule has 1 unspecified atom stereocenters. The Morgan fingerprint density at radius 1 is 1.13 bits per heavy atom. The van der Waals surface area contributed by atoms with Crippen LogP contribution >= 0.6 is 0 Å². The Morgan fingerprint density at radius 2 is 1.90 bits per heavy atom. The second-order valence-corrected chi connectivity index (χ2v) is 7.46. The lowest BCUT2D eigenvalue weighted by Gasteiger charge is -2.24. The smallest absolute Gasteiger partial charge is 0.249 e. The number of aryl methyl sites for hydroxylation is 1. The molecule has 2 amide bonds. The number of anilines is 2. The van der Waals surface area contributed by atoms with Gasteiger partial charge in [-0.05, 0) is 26.0 Å². The first-order valence-corrected chi connectivity index (χ1v) is 9.66. The maximum Gasteiger partial charge on any atom is 0.249 e.